The molecule has 0 fully saturated rings. The van der Waals surface area contributed by atoms with Crippen molar-refractivity contribution in [3.8, 4) is 0 Å². The predicted octanol–water partition coefficient (Wildman–Crippen LogP) is -1.61. The van der Waals surface area contributed by atoms with E-state index < -0.39 is 0 Å². The van der Waals surface area contributed by atoms with Gasteiger partial charge in [-0.05, 0) is 7.05 Å². The molecule has 0 aromatic carbocycles. The van der Waals surface area contributed by atoms with Gasteiger partial charge in [-0.25, -0.2) is 5.01 Å². The van der Waals surface area contributed by atoms with Crippen LogP contribution in [0.2, 0.25) is 0 Å². The third-order valence-electron chi connectivity index (χ3n) is 1.36. The van der Waals surface area contributed by atoms with Crippen molar-refractivity contribution in [2.75, 3.05) is 26.7 Å². The minimum Gasteiger partial charge on any atom is -0.652 e. The van der Waals surface area contributed by atoms with Crippen molar-refractivity contribution >= 4 is 5.91 Å². The van der Waals surface area contributed by atoms with Crippen molar-refractivity contribution in [2.24, 2.45) is 0 Å². The normalized spacial score (nSPS) is 8.43. The molecule has 0 unspecified atom stereocenters. The van der Waals surface area contributed by atoms with E-state index in [2.05, 4.69) is 10.7 Å². The second-order valence-electron chi connectivity index (χ2n) is 2.11. The Morgan fingerprint density at radius 1 is 1.36 bits per heavy atom. The molecule has 0 aliphatic carbocycles. The topological polar surface area (TPSA) is 46.4 Å². The zero-order chi connectivity index (χ0) is 10.7. The smallest absolute Gasteiger partial charge is 0.652 e. The largest absolute Gasteiger partial charge is 1.00 e. The minimum absolute atomic E-state index is 0. The molecule has 0 saturated heterocycles. The van der Waals surface area contributed by atoms with Gasteiger partial charge in [0.2, 0.25) is 0 Å². The Morgan fingerprint density at radius 2 is 1.86 bits per heavy atom. The van der Waals surface area contributed by atoms with E-state index in [1.54, 1.807) is 7.05 Å². The molecule has 0 atom stereocenters. The molecule has 0 aliphatic rings. The van der Waals surface area contributed by atoms with Gasteiger partial charge >= 0.3 is 58.2 Å². The fourth-order valence-electron chi connectivity index (χ4n) is 0.739. The maximum atomic E-state index is 10.9. The molecule has 0 saturated carbocycles. The average molecular weight is 274 g/mol. The van der Waals surface area contributed by atoms with Gasteiger partial charge in [-0.15, -0.1) is 6.54 Å². The van der Waals surface area contributed by atoms with Crippen LogP contribution in [0.5, 0.6) is 0 Å². The van der Waals surface area contributed by atoms with Crippen LogP contribution in [0.3, 0.4) is 0 Å². The van der Waals surface area contributed by atoms with Crippen LogP contribution in [0.15, 0.2) is 0 Å². The van der Waals surface area contributed by atoms with E-state index in [0.29, 0.717) is 13.1 Å². The van der Waals surface area contributed by atoms with Crippen LogP contribution in [0.4, 0.5) is 0 Å². The van der Waals surface area contributed by atoms with Crippen LogP contribution >= 0.6 is 0 Å². The van der Waals surface area contributed by atoms with Crippen molar-refractivity contribution in [1.82, 2.24) is 10.4 Å². The summed E-state index contributed by atoms with van der Waals surface area (Å²) in [5.74, 6) is -0.0660. The van der Waals surface area contributed by atoms with Gasteiger partial charge in [-0.3, -0.25) is 5.43 Å². The fraction of sp³-hybridized carbons (Fsp3) is 0.889. The molecule has 4 nitrogen and oxygen atoms in total. The van der Waals surface area contributed by atoms with Crippen molar-refractivity contribution in [1.29, 1.82) is 0 Å². The van der Waals surface area contributed by atoms with Gasteiger partial charge < -0.3 is 10.1 Å². The van der Waals surface area contributed by atoms with Crippen molar-refractivity contribution < 1.29 is 63.0 Å². The second kappa shape index (κ2) is 16.6. The Morgan fingerprint density at radius 3 is 2.14 bits per heavy atom. The van der Waals surface area contributed by atoms with Crippen molar-refractivity contribution in [3.05, 3.63) is 5.32 Å². The Bertz CT molecular complexity index is 119. The quantitative estimate of drug-likeness (QED) is 0.614. The Labute approximate surface area is 137 Å². The number of carbonyl (C=O) groups is 1. The molecule has 1 amide bonds. The molecular weight excluding hydrogens is 252 g/mol. The summed E-state index contributed by atoms with van der Waals surface area (Å²) in [7, 11) is 1.79. The SMILES string of the molecule is CC.CC[N-]C(=O)CN(CC)NC.[Rb+]. The first-order chi connectivity index (χ1) is 6.24. The average Bonchev–Trinajstić information content (AvgIpc) is 2.18. The second-order valence-corrected chi connectivity index (χ2v) is 2.11. The number of hydrazine groups is 1. The molecule has 0 spiro atoms. The summed E-state index contributed by atoms with van der Waals surface area (Å²) in [6.45, 7) is 9.58. The molecule has 0 aromatic rings. The first-order valence-corrected chi connectivity index (χ1v) is 4.87. The molecule has 5 heteroatoms. The maximum absolute atomic E-state index is 10.9. The standard InChI is InChI=1S/C7H17N3O.C2H6.Rb/c1-4-9-7(11)6-10(5-2)8-3;1-2;/h8H,4-6H2,1-3H3,(H,9,11);1-2H3;/q;;+1/p-1. The van der Waals surface area contributed by atoms with E-state index in [-0.39, 0.29) is 64.1 Å². The number of carbonyl (C=O) groups excluding carboxylic acids is 1. The number of nitrogens with zero attached hydrogens (tertiary/aromatic N) is 2. The van der Waals surface area contributed by atoms with Crippen molar-refractivity contribution in [3.63, 3.8) is 0 Å². The van der Waals surface area contributed by atoms with E-state index in [0.717, 1.165) is 6.54 Å². The first-order valence-electron chi connectivity index (χ1n) is 4.87. The number of hydrogen-bond donors (Lipinski definition) is 1. The van der Waals surface area contributed by atoms with E-state index >= 15 is 0 Å². The summed E-state index contributed by atoms with van der Waals surface area (Å²) < 4.78 is 0. The van der Waals surface area contributed by atoms with Gasteiger partial charge in [-0.2, -0.15) is 0 Å². The molecule has 1 N–H and O–H groups in total. The number of likely N-dealkylation sites (N-methyl/N-ethyl adjacent to an activating group) is 2. The summed E-state index contributed by atoms with van der Waals surface area (Å²) in [4.78, 5) is 10.9. The van der Waals surface area contributed by atoms with E-state index in [9.17, 15) is 4.79 Å². The van der Waals surface area contributed by atoms with Gasteiger partial charge in [0.05, 0.1) is 12.5 Å². The van der Waals surface area contributed by atoms with Crippen LogP contribution in [0, 0.1) is 0 Å². The fourth-order valence-corrected chi connectivity index (χ4v) is 0.739. The number of hydrogen-bond acceptors (Lipinski definition) is 3. The van der Waals surface area contributed by atoms with E-state index in [1.165, 1.54) is 0 Å². The predicted molar refractivity (Wildman–Crippen MR) is 56.6 cm³/mol. The summed E-state index contributed by atoms with van der Waals surface area (Å²) in [6.07, 6.45) is 0. The van der Waals surface area contributed by atoms with Crippen LogP contribution in [0.25, 0.3) is 5.32 Å². The van der Waals surface area contributed by atoms with Crippen LogP contribution < -0.4 is 63.6 Å². The molecule has 14 heavy (non-hydrogen) atoms. The minimum atomic E-state index is -0.0660. The van der Waals surface area contributed by atoms with Crippen molar-refractivity contribution in [2.45, 2.75) is 27.7 Å². The summed E-state index contributed by atoms with van der Waals surface area (Å²) in [6, 6.07) is 0. The Hall–Kier alpha value is 1.20. The van der Waals surface area contributed by atoms with E-state index in [1.807, 2.05) is 32.7 Å². The molecule has 0 aliphatic heterocycles. The van der Waals surface area contributed by atoms with Crippen LogP contribution in [0.1, 0.15) is 27.7 Å². The van der Waals surface area contributed by atoms with E-state index in [4.69, 9.17) is 0 Å². The zero-order valence-corrected chi connectivity index (χ0v) is 15.3. The molecule has 80 valence electrons. The maximum Gasteiger partial charge on any atom is 1.00 e. The van der Waals surface area contributed by atoms with Crippen LogP contribution in [-0.2, 0) is 4.79 Å². The van der Waals surface area contributed by atoms with Gasteiger partial charge in [0, 0.05) is 6.54 Å². The van der Waals surface area contributed by atoms with Gasteiger partial charge in [0.1, 0.15) is 0 Å². The molecule has 0 rings (SSSR count). The zero-order valence-electron chi connectivity index (χ0n) is 10.4. The number of nitrogens with one attached hydrogen (secondary N) is 1. The first kappa shape index (κ1) is 20.6. The Balaban J connectivity index is -0.000000376. The molecule has 0 aromatic heterocycles. The van der Waals surface area contributed by atoms with Gasteiger partial charge in [0.15, 0.2) is 0 Å². The third kappa shape index (κ3) is 13.2. The Kier molecular flexibility index (Phi) is 24.4. The van der Waals surface area contributed by atoms with Gasteiger partial charge in [0.25, 0.3) is 0 Å². The molecular formula is C9H22N3ORb. The number of rotatable bonds is 5. The van der Waals surface area contributed by atoms with Gasteiger partial charge in [-0.1, -0.05) is 27.7 Å². The van der Waals surface area contributed by atoms with Crippen LogP contribution in [-0.4, -0.2) is 37.6 Å². The number of amides is 1. The summed E-state index contributed by atoms with van der Waals surface area (Å²) in [5, 5.41) is 5.55. The monoisotopic (exact) mass is 273 g/mol. The molecule has 0 heterocycles. The summed E-state index contributed by atoms with van der Waals surface area (Å²) >= 11 is 0. The summed E-state index contributed by atoms with van der Waals surface area (Å²) in [5.41, 5.74) is 2.89. The third-order valence-corrected chi connectivity index (χ3v) is 1.36. The molecule has 0 bridgehead atoms. The molecule has 0 radical (unpaired) electrons.